The lowest BCUT2D eigenvalue weighted by atomic mass is 10.0. The Balaban J connectivity index is 2.38. The first-order valence-corrected chi connectivity index (χ1v) is 7.97. The van der Waals surface area contributed by atoms with E-state index in [0.717, 1.165) is 34.6 Å². The molecular weight excluding hydrogens is 332 g/mol. The Bertz CT molecular complexity index is 565. The van der Waals surface area contributed by atoms with Crippen molar-refractivity contribution in [2.45, 2.75) is 26.3 Å². The molecule has 114 valence electrons. The highest BCUT2D eigenvalue weighted by Crippen LogP contribution is 2.28. The summed E-state index contributed by atoms with van der Waals surface area (Å²) in [5.74, 6) is 0.879. The van der Waals surface area contributed by atoms with E-state index in [4.69, 9.17) is 4.74 Å². The fourth-order valence-electron chi connectivity index (χ4n) is 2.26. The molecule has 0 saturated carbocycles. The van der Waals surface area contributed by atoms with Crippen LogP contribution >= 0.6 is 15.9 Å². The molecule has 0 radical (unpaired) electrons. The van der Waals surface area contributed by atoms with Crippen LogP contribution in [0.5, 0.6) is 5.75 Å². The maximum Gasteiger partial charge on any atom is 0.153 e. The maximum atomic E-state index is 5.60. The third kappa shape index (κ3) is 3.83. The Morgan fingerprint density at radius 3 is 2.81 bits per heavy atom. The second kappa shape index (κ2) is 7.56. The molecule has 0 aliphatic rings. The van der Waals surface area contributed by atoms with Gasteiger partial charge in [0.15, 0.2) is 4.60 Å². The molecule has 1 N–H and O–H groups in total. The van der Waals surface area contributed by atoms with E-state index in [0.29, 0.717) is 6.61 Å². The fraction of sp³-hybridized carbons (Fsp3) is 0.467. The topological polar surface area (TPSA) is 52.0 Å². The number of aryl methyl sites for hydroxylation is 1. The minimum absolute atomic E-state index is 0.0275. The predicted molar refractivity (Wildman–Crippen MR) is 86.5 cm³/mol. The van der Waals surface area contributed by atoms with Crippen molar-refractivity contribution in [3.63, 3.8) is 0 Å². The molecule has 0 aliphatic carbocycles. The highest BCUT2D eigenvalue weighted by atomic mass is 79.9. The minimum Gasteiger partial charge on any atom is -0.494 e. The zero-order valence-electron chi connectivity index (χ0n) is 12.6. The van der Waals surface area contributed by atoms with E-state index < -0.39 is 0 Å². The summed E-state index contributed by atoms with van der Waals surface area (Å²) in [5, 5.41) is 11.7. The normalized spacial score (nSPS) is 12.4. The van der Waals surface area contributed by atoms with Crippen molar-refractivity contribution in [1.29, 1.82) is 0 Å². The van der Waals surface area contributed by atoms with Crippen LogP contribution in [-0.4, -0.2) is 28.1 Å². The molecule has 21 heavy (non-hydrogen) atoms. The molecular formula is C15H21BrN4O. The van der Waals surface area contributed by atoms with E-state index >= 15 is 0 Å². The number of hydrogen-bond acceptors (Lipinski definition) is 4. The van der Waals surface area contributed by atoms with Crippen LogP contribution < -0.4 is 10.1 Å². The summed E-state index contributed by atoms with van der Waals surface area (Å²) < 4.78 is 8.16. The highest BCUT2D eigenvalue weighted by molar-refractivity contribution is 9.10. The van der Waals surface area contributed by atoms with Crippen molar-refractivity contribution in [1.82, 2.24) is 20.3 Å². The zero-order chi connectivity index (χ0) is 15.2. The van der Waals surface area contributed by atoms with Gasteiger partial charge in [0.05, 0.1) is 18.3 Å². The third-order valence-electron chi connectivity index (χ3n) is 3.20. The fourth-order valence-corrected chi connectivity index (χ4v) is 2.81. The Hall–Kier alpha value is -1.40. The second-order valence-electron chi connectivity index (χ2n) is 4.78. The van der Waals surface area contributed by atoms with E-state index in [9.17, 15) is 0 Å². The van der Waals surface area contributed by atoms with Gasteiger partial charge in [0.2, 0.25) is 0 Å². The number of aromatic nitrogens is 3. The van der Waals surface area contributed by atoms with Crippen LogP contribution in [0.3, 0.4) is 0 Å². The summed E-state index contributed by atoms with van der Waals surface area (Å²) in [6, 6.07) is 8.17. The second-order valence-corrected chi connectivity index (χ2v) is 5.53. The molecule has 0 aliphatic heterocycles. The first-order valence-electron chi connectivity index (χ1n) is 7.18. The summed E-state index contributed by atoms with van der Waals surface area (Å²) in [5.41, 5.74) is 2.15. The number of halogens is 1. The predicted octanol–water partition coefficient (Wildman–Crippen LogP) is 3.07. The largest absolute Gasteiger partial charge is 0.494 e. The van der Waals surface area contributed by atoms with Gasteiger partial charge < -0.3 is 10.1 Å². The van der Waals surface area contributed by atoms with Crippen LogP contribution in [0.25, 0.3) is 0 Å². The molecule has 5 nitrogen and oxygen atoms in total. The summed E-state index contributed by atoms with van der Waals surface area (Å²) in [6.45, 7) is 5.72. The molecule has 0 amide bonds. The smallest absolute Gasteiger partial charge is 0.153 e. The molecule has 1 unspecified atom stereocenters. The standard InChI is InChI=1S/C15H21BrN4O/c1-4-9-17-13(14-15(16)18-19-20(14)3)11-7-6-8-12(10-11)21-5-2/h6-8,10,13,17H,4-5,9H2,1-3H3. The molecule has 1 atom stereocenters. The molecule has 2 rings (SSSR count). The van der Waals surface area contributed by atoms with Crippen molar-refractivity contribution < 1.29 is 4.74 Å². The molecule has 6 heteroatoms. The van der Waals surface area contributed by atoms with Gasteiger partial charge in [-0.15, -0.1) is 5.10 Å². The number of benzene rings is 1. The molecule has 1 heterocycles. The van der Waals surface area contributed by atoms with Gasteiger partial charge in [0.25, 0.3) is 0 Å². The SMILES string of the molecule is CCCNC(c1cccc(OCC)c1)c1c(Br)nnn1C. The van der Waals surface area contributed by atoms with Crippen molar-refractivity contribution in [3.8, 4) is 5.75 Å². The van der Waals surface area contributed by atoms with Gasteiger partial charge >= 0.3 is 0 Å². The van der Waals surface area contributed by atoms with Gasteiger partial charge in [-0.2, -0.15) is 0 Å². The lowest BCUT2D eigenvalue weighted by Gasteiger charge is -2.20. The molecule has 2 aromatic rings. The van der Waals surface area contributed by atoms with Gasteiger partial charge in [-0.25, -0.2) is 4.68 Å². The van der Waals surface area contributed by atoms with E-state index in [2.05, 4.69) is 50.6 Å². The molecule has 0 bridgehead atoms. The van der Waals surface area contributed by atoms with Gasteiger partial charge in [0.1, 0.15) is 5.75 Å². The van der Waals surface area contributed by atoms with Crippen molar-refractivity contribution >= 4 is 15.9 Å². The van der Waals surface area contributed by atoms with Crippen molar-refractivity contribution in [2.75, 3.05) is 13.2 Å². The van der Waals surface area contributed by atoms with E-state index in [1.165, 1.54) is 0 Å². The van der Waals surface area contributed by atoms with E-state index in [-0.39, 0.29) is 6.04 Å². The summed E-state index contributed by atoms with van der Waals surface area (Å²) >= 11 is 3.49. The Labute approximate surface area is 133 Å². The van der Waals surface area contributed by atoms with Gasteiger partial charge in [-0.1, -0.05) is 24.3 Å². The third-order valence-corrected chi connectivity index (χ3v) is 3.77. The lowest BCUT2D eigenvalue weighted by Crippen LogP contribution is -2.25. The molecule has 0 spiro atoms. The lowest BCUT2D eigenvalue weighted by molar-refractivity contribution is 0.339. The first-order chi connectivity index (χ1) is 10.2. The average molecular weight is 353 g/mol. The molecule has 1 aromatic heterocycles. The summed E-state index contributed by atoms with van der Waals surface area (Å²) in [6.07, 6.45) is 1.06. The van der Waals surface area contributed by atoms with Crippen LogP contribution in [0.4, 0.5) is 0 Å². The number of rotatable bonds is 7. The quantitative estimate of drug-likeness (QED) is 0.831. The number of nitrogens with zero attached hydrogens (tertiary/aromatic N) is 3. The van der Waals surface area contributed by atoms with E-state index in [1.54, 1.807) is 4.68 Å². The Kier molecular flexibility index (Phi) is 5.76. The summed E-state index contributed by atoms with van der Waals surface area (Å²) in [7, 11) is 1.90. The van der Waals surface area contributed by atoms with Gasteiger partial charge in [0, 0.05) is 7.05 Å². The minimum atomic E-state index is 0.0275. The maximum absolute atomic E-state index is 5.60. The molecule has 0 fully saturated rings. The van der Waals surface area contributed by atoms with Gasteiger partial charge in [-0.05, 0) is 53.5 Å². The van der Waals surface area contributed by atoms with Gasteiger partial charge in [-0.3, -0.25) is 0 Å². The monoisotopic (exact) mass is 352 g/mol. The highest BCUT2D eigenvalue weighted by Gasteiger charge is 2.21. The van der Waals surface area contributed by atoms with E-state index in [1.807, 2.05) is 26.1 Å². The Morgan fingerprint density at radius 2 is 2.19 bits per heavy atom. The number of nitrogens with one attached hydrogen (secondary N) is 1. The van der Waals surface area contributed by atoms with Crippen LogP contribution in [0.2, 0.25) is 0 Å². The summed E-state index contributed by atoms with van der Waals surface area (Å²) in [4.78, 5) is 0. The van der Waals surface area contributed by atoms with Crippen molar-refractivity contribution in [2.24, 2.45) is 7.05 Å². The van der Waals surface area contributed by atoms with Crippen LogP contribution in [0.15, 0.2) is 28.9 Å². The van der Waals surface area contributed by atoms with Crippen LogP contribution in [0, 0.1) is 0 Å². The first kappa shape index (κ1) is 16.0. The number of ether oxygens (including phenoxy) is 1. The van der Waals surface area contributed by atoms with Crippen LogP contribution in [0.1, 0.15) is 37.6 Å². The van der Waals surface area contributed by atoms with Crippen molar-refractivity contribution in [3.05, 3.63) is 40.1 Å². The average Bonchev–Trinajstić information content (AvgIpc) is 2.81. The zero-order valence-corrected chi connectivity index (χ0v) is 14.2. The van der Waals surface area contributed by atoms with Crippen LogP contribution in [-0.2, 0) is 7.05 Å². The molecule has 1 aromatic carbocycles. The number of hydrogen-bond donors (Lipinski definition) is 1. The molecule has 0 saturated heterocycles. The Morgan fingerprint density at radius 1 is 1.38 bits per heavy atom.